The number of aromatic nitrogens is 1. The van der Waals surface area contributed by atoms with Crippen molar-refractivity contribution in [3.8, 4) is 0 Å². The van der Waals surface area contributed by atoms with E-state index in [2.05, 4.69) is 9.88 Å². The van der Waals surface area contributed by atoms with Gasteiger partial charge in [-0.3, -0.25) is 9.78 Å². The second-order valence-electron chi connectivity index (χ2n) is 7.63. The van der Waals surface area contributed by atoms with E-state index in [4.69, 9.17) is 0 Å². The van der Waals surface area contributed by atoms with Gasteiger partial charge in [-0.25, -0.2) is 0 Å². The van der Waals surface area contributed by atoms with Crippen LogP contribution in [0.25, 0.3) is 0 Å². The molecule has 1 aliphatic heterocycles. The van der Waals surface area contributed by atoms with Crippen molar-refractivity contribution in [3.63, 3.8) is 0 Å². The van der Waals surface area contributed by atoms with Crippen LogP contribution in [-0.4, -0.2) is 53.9 Å². The fourth-order valence-corrected chi connectivity index (χ4v) is 3.74. The van der Waals surface area contributed by atoms with Crippen LogP contribution in [0, 0.1) is 5.92 Å². The maximum absolute atomic E-state index is 12.8. The van der Waals surface area contributed by atoms with Crippen molar-refractivity contribution in [3.05, 3.63) is 65.5 Å². The summed E-state index contributed by atoms with van der Waals surface area (Å²) in [6.07, 6.45) is -0.130. The van der Waals surface area contributed by atoms with Crippen LogP contribution in [0.15, 0.2) is 48.7 Å². The number of hydrogen-bond donors (Lipinski definition) is 0. The van der Waals surface area contributed by atoms with Gasteiger partial charge in [0, 0.05) is 26.3 Å². The highest BCUT2D eigenvalue weighted by molar-refractivity contribution is 5.92. The Hall–Kier alpha value is -2.41. The van der Waals surface area contributed by atoms with Crippen LogP contribution in [0.4, 0.5) is 13.2 Å². The first-order valence-corrected chi connectivity index (χ1v) is 9.88. The molecular formula is C22H26F3N3O. The van der Waals surface area contributed by atoms with Crippen LogP contribution < -0.4 is 0 Å². The summed E-state index contributed by atoms with van der Waals surface area (Å²) in [5, 5.41) is 0. The number of likely N-dealkylation sites (tertiary alicyclic amines) is 1. The molecule has 1 saturated heterocycles. The highest BCUT2D eigenvalue weighted by Gasteiger charge is 2.30. The zero-order valence-corrected chi connectivity index (χ0v) is 16.5. The molecule has 0 spiro atoms. The standard InChI is InChI=1S/C22H26F3N3O/c1-27(21(29)20-7-2-3-11-26-20)16-18-9-13-28(14-10-18)12-8-17-5-4-6-19(15-17)22(23,24)25/h2-7,11,15,18H,8-10,12-14,16H2,1H3. The number of benzene rings is 1. The lowest BCUT2D eigenvalue weighted by molar-refractivity contribution is -0.137. The number of carbonyl (C=O) groups excluding carboxylic acids is 1. The molecule has 7 heteroatoms. The minimum Gasteiger partial charge on any atom is -0.340 e. The van der Waals surface area contributed by atoms with E-state index in [0.29, 0.717) is 30.1 Å². The third kappa shape index (κ3) is 6.03. The molecule has 0 saturated carbocycles. The van der Waals surface area contributed by atoms with Gasteiger partial charge in [0.25, 0.3) is 5.91 Å². The lowest BCUT2D eigenvalue weighted by Gasteiger charge is -2.33. The molecule has 0 bridgehead atoms. The van der Waals surface area contributed by atoms with Crippen LogP contribution in [0.3, 0.4) is 0 Å². The van der Waals surface area contributed by atoms with E-state index in [-0.39, 0.29) is 5.91 Å². The van der Waals surface area contributed by atoms with Gasteiger partial charge in [-0.15, -0.1) is 0 Å². The third-order valence-corrected chi connectivity index (χ3v) is 5.44. The first kappa shape index (κ1) is 21.3. The van der Waals surface area contributed by atoms with Gasteiger partial charge >= 0.3 is 6.18 Å². The Morgan fingerprint density at radius 3 is 2.59 bits per heavy atom. The van der Waals surface area contributed by atoms with E-state index in [1.165, 1.54) is 12.1 Å². The van der Waals surface area contributed by atoms with E-state index in [9.17, 15) is 18.0 Å². The van der Waals surface area contributed by atoms with E-state index in [1.807, 2.05) is 0 Å². The lowest BCUT2D eigenvalue weighted by Crippen LogP contribution is -2.40. The summed E-state index contributed by atoms with van der Waals surface area (Å²) in [6, 6.07) is 10.9. The molecule has 1 aliphatic rings. The Labute approximate surface area is 169 Å². The molecule has 0 unspecified atom stereocenters. The van der Waals surface area contributed by atoms with Crippen LogP contribution in [0.1, 0.15) is 34.5 Å². The molecule has 2 heterocycles. The van der Waals surface area contributed by atoms with E-state index in [1.54, 1.807) is 42.4 Å². The lowest BCUT2D eigenvalue weighted by atomic mass is 9.95. The largest absolute Gasteiger partial charge is 0.416 e. The summed E-state index contributed by atoms with van der Waals surface area (Å²) in [5.74, 6) is 0.357. The first-order chi connectivity index (χ1) is 13.8. The normalized spacial score (nSPS) is 16.0. The van der Waals surface area contributed by atoms with Crippen molar-refractivity contribution >= 4 is 5.91 Å². The zero-order chi connectivity index (χ0) is 20.9. The highest BCUT2D eigenvalue weighted by atomic mass is 19.4. The average molecular weight is 405 g/mol. The monoisotopic (exact) mass is 405 g/mol. The first-order valence-electron chi connectivity index (χ1n) is 9.88. The quantitative estimate of drug-likeness (QED) is 0.725. The number of rotatable bonds is 6. The van der Waals surface area contributed by atoms with Crippen LogP contribution in [0.2, 0.25) is 0 Å². The second-order valence-corrected chi connectivity index (χ2v) is 7.63. The minimum absolute atomic E-state index is 0.0717. The number of pyridine rings is 1. The molecular weight excluding hydrogens is 379 g/mol. The summed E-state index contributed by atoms with van der Waals surface area (Å²) in [4.78, 5) is 20.5. The number of carbonyl (C=O) groups is 1. The number of nitrogens with zero attached hydrogens (tertiary/aromatic N) is 3. The molecule has 3 rings (SSSR count). The fraction of sp³-hybridized carbons (Fsp3) is 0.455. The average Bonchev–Trinajstić information content (AvgIpc) is 2.73. The Morgan fingerprint density at radius 2 is 1.93 bits per heavy atom. The van der Waals surface area contributed by atoms with Gasteiger partial charge in [0.2, 0.25) is 0 Å². The third-order valence-electron chi connectivity index (χ3n) is 5.44. The van der Waals surface area contributed by atoms with Crippen molar-refractivity contribution in [2.45, 2.75) is 25.4 Å². The minimum atomic E-state index is -4.30. The Morgan fingerprint density at radius 1 is 1.17 bits per heavy atom. The fourth-order valence-electron chi connectivity index (χ4n) is 3.74. The van der Waals surface area contributed by atoms with E-state index >= 15 is 0 Å². The Bertz CT molecular complexity index is 802. The summed E-state index contributed by atoms with van der Waals surface area (Å²) < 4.78 is 38.5. The topological polar surface area (TPSA) is 36.4 Å². The number of hydrogen-bond acceptors (Lipinski definition) is 3. The highest BCUT2D eigenvalue weighted by Crippen LogP contribution is 2.29. The number of alkyl halides is 3. The predicted molar refractivity (Wildman–Crippen MR) is 106 cm³/mol. The Balaban J connectivity index is 1.43. The molecule has 0 N–H and O–H groups in total. The predicted octanol–water partition coefficient (Wildman–Crippen LogP) is 4.13. The second kappa shape index (κ2) is 9.39. The number of halogens is 3. The van der Waals surface area contributed by atoms with Gasteiger partial charge < -0.3 is 9.80 Å². The SMILES string of the molecule is CN(CC1CCN(CCc2cccc(C(F)(F)F)c2)CC1)C(=O)c1ccccn1. The van der Waals surface area contributed by atoms with E-state index in [0.717, 1.165) is 38.5 Å². The Kier molecular flexibility index (Phi) is 6.90. The van der Waals surface area contributed by atoms with Gasteiger partial charge in [0.1, 0.15) is 5.69 Å². The van der Waals surface area contributed by atoms with Gasteiger partial charge in [0.05, 0.1) is 5.56 Å². The maximum Gasteiger partial charge on any atom is 0.416 e. The summed E-state index contributed by atoms with van der Waals surface area (Å²) in [5.41, 5.74) is 0.575. The van der Waals surface area contributed by atoms with Gasteiger partial charge in [0.15, 0.2) is 0 Å². The molecule has 156 valence electrons. The van der Waals surface area contributed by atoms with Crippen molar-refractivity contribution in [2.75, 3.05) is 33.2 Å². The smallest absolute Gasteiger partial charge is 0.340 e. The van der Waals surface area contributed by atoms with Gasteiger partial charge in [-0.05, 0) is 62.0 Å². The molecule has 1 aromatic heterocycles. The molecule has 0 atom stereocenters. The van der Waals surface area contributed by atoms with Crippen molar-refractivity contribution < 1.29 is 18.0 Å². The number of amides is 1. The maximum atomic E-state index is 12.8. The van der Waals surface area contributed by atoms with Crippen molar-refractivity contribution in [1.29, 1.82) is 0 Å². The van der Waals surface area contributed by atoms with Crippen LogP contribution in [0.5, 0.6) is 0 Å². The van der Waals surface area contributed by atoms with Crippen molar-refractivity contribution in [1.82, 2.24) is 14.8 Å². The van der Waals surface area contributed by atoms with Crippen LogP contribution in [-0.2, 0) is 12.6 Å². The summed E-state index contributed by atoms with van der Waals surface area (Å²) >= 11 is 0. The van der Waals surface area contributed by atoms with Gasteiger partial charge in [-0.2, -0.15) is 13.2 Å². The van der Waals surface area contributed by atoms with Gasteiger partial charge in [-0.1, -0.05) is 24.3 Å². The molecule has 29 heavy (non-hydrogen) atoms. The number of piperidine rings is 1. The molecule has 0 radical (unpaired) electrons. The molecule has 1 amide bonds. The van der Waals surface area contributed by atoms with Crippen molar-refractivity contribution in [2.24, 2.45) is 5.92 Å². The summed E-state index contributed by atoms with van der Waals surface area (Å²) in [7, 11) is 1.80. The molecule has 1 fully saturated rings. The molecule has 4 nitrogen and oxygen atoms in total. The molecule has 0 aliphatic carbocycles. The molecule has 2 aromatic rings. The molecule has 1 aromatic carbocycles. The summed E-state index contributed by atoms with van der Waals surface area (Å²) in [6.45, 7) is 3.23. The zero-order valence-electron chi connectivity index (χ0n) is 16.5. The van der Waals surface area contributed by atoms with E-state index < -0.39 is 11.7 Å². The van der Waals surface area contributed by atoms with Crippen LogP contribution >= 0.6 is 0 Å².